The van der Waals surface area contributed by atoms with Crippen LogP contribution in [0, 0.1) is 22.9 Å². The van der Waals surface area contributed by atoms with E-state index in [-0.39, 0.29) is 23.1 Å². The molecule has 0 fully saturated rings. The normalized spacial score (nSPS) is 10.2. The molecule has 0 aliphatic rings. The van der Waals surface area contributed by atoms with Crippen LogP contribution in [0.25, 0.3) is 0 Å². The first-order chi connectivity index (χ1) is 8.97. The number of benzene rings is 1. The Balaban J connectivity index is 2.44. The fourth-order valence-electron chi connectivity index (χ4n) is 1.56. The second kappa shape index (κ2) is 4.84. The lowest BCUT2D eigenvalue weighted by Gasteiger charge is -2.08. The summed E-state index contributed by atoms with van der Waals surface area (Å²) in [5.74, 6) is -0.507. The van der Waals surface area contributed by atoms with Gasteiger partial charge in [-0.25, -0.2) is 9.37 Å². The van der Waals surface area contributed by atoms with Crippen LogP contribution in [0.2, 0.25) is 0 Å². The number of rotatable bonds is 3. The fraction of sp³-hybridized carbons (Fsp3) is 0.0909. The Kier molecular flexibility index (Phi) is 3.23. The maximum Gasteiger partial charge on any atom is 0.332 e. The van der Waals surface area contributed by atoms with Crippen LogP contribution in [-0.4, -0.2) is 14.9 Å². The molecule has 1 aromatic carbocycles. The Morgan fingerprint density at radius 1 is 1.32 bits per heavy atom. The number of nitro groups is 1. The molecule has 1 aromatic heterocycles. The van der Waals surface area contributed by atoms with Gasteiger partial charge in [0.25, 0.3) is 0 Å². The SMILES string of the molecule is Cc1nc(N)nc(Nc2ccc(F)cc2)c1[N+](=O)[O-]. The molecule has 2 rings (SSSR count). The van der Waals surface area contributed by atoms with Crippen molar-refractivity contribution in [3.05, 3.63) is 45.9 Å². The summed E-state index contributed by atoms with van der Waals surface area (Å²) in [4.78, 5) is 17.9. The lowest BCUT2D eigenvalue weighted by atomic mass is 10.3. The molecule has 0 atom stereocenters. The largest absolute Gasteiger partial charge is 0.368 e. The van der Waals surface area contributed by atoms with E-state index in [9.17, 15) is 14.5 Å². The van der Waals surface area contributed by atoms with Gasteiger partial charge in [-0.15, -0.1) is 0 Å². The predicted molar refractivity (Wildman–Crippen MR) is 67.5 cm³/mol. The highest BCUT2D eigenvalue weighted by molar-refractivity contribution is 5.67. The van der Waals surface area contributed by atoms with E-state index in [4.69, 9.17) is 5.73 Å². The van der Waals surface area contributed by atoms with Crippen LogP contribution < -0.4 is 11.1 Å². The van der Waals surface area contributed by atoms with E-state index in [2.05, 4.69) is 15.3 Å². The predicted octanol–water partition coefficient (Wildman–Crippen LogP) is 2.16. The topological polar surface area (TPSA) is 107 Å². The molecular formula is C11H10FN5O2. The maximum atomic E-state index is 12.8. The van der Waals surface area contributed by atoms with Crippen molar-refractivity contribution >= 4 is 23.1 Å². The average Bonchev–Trinajstić information content (AvgIpc) is 2.30. The summed E-state index contributed by atoms with van der Waals surface area (Å²) < 4.78 is 12.8. The number of hydrogen-bond donors (Lipinski definition) is 2. The Morgan fingerprint density at radius 2 is 1.95 bits per heavy atom. The summed E-state index contributed by atoms with van der Waals surface area (Å²) in [5, 5.41) is 13.7. The smallest absolute Gasteiger partial charge is 0.332 e. The van der Waals surface area contributed by atoms with E-state index in [0.29, 0.717) is 5.69 Å². The molecule has 8 heteroatoms. The van der Waals surface area contributed by atoms with Crippen LogP contribution in [-0.2, 0) is 0 Å². The van der Waals surface area contributed by atoms with E-state index >= 15 is 0 Å². The van der Waals surface area contributed by atoms with Crippen LogP contribution in [0.3, 0.4) is 0 Å². The zero-order chi connectivity index (χ0) is 14.0. The van der Waals surface area contributed by atoms with Gasteiger partial charge >= 0.3 is 5.69 Å². The molecule has 0 bridgehead atoms. The zero-order valence-electron chi connectivity index (χ0n) is 9.92. The van der Waals surface area contributed by atoms with Gasteiger partial charge in [-0.2, -0.15) is 4.98 Å². The molecule has 0 unspecified atom stereocenters. The highest BCUT2D eigenvalue weighted by Gasteiger charge is 2.21. The number of aromatic nitrogens is 2. The number of nitrogens with one attached hydrogen (secondary N) is 1. The standard InChI is InChI=1S/C11H10FN5O2/c1-6-9(17(18)19)10(16-11(13)14-6)15-8-4-2-7(12)3-5-8/h2-5H,1H3,(H3,13,14,15,16). The summed E-state index contributed by atoms with van der Waals surface area (Å²) in [5.41, 5.74) is 5.81. The van der Waals surface area contributed by atoms with Gasteiger partial charge in [0.1, 0.15) is 11.5 Å². The van der Waals surface area contributed by atoms with Gasteiger partial charge in [-0.3, -0.25) is 10.1 Å². The van der Waals surface area contributed by atoms with Crippen molar-refractivity contribution in [1.82, 2.24) is 9.97 Å². The van der Waals surface area contributed by atoms with Crippen LogP contribution in [0.4, 0.5) is 27.5 Å². The minimum atomic E-state index is -0.597. The van der Waals surface area contributed by atoms with Crippen molar-refractivity contribution in [2.75, 3.05) is 11.1 Å². The van der Waals surface area contributed by atoms with Crippen molar-refractivity contribution in [3.8, 4) is 0 Å². The molecule has 0 aliphatic heterocycles. The number of nitrogens with two attached hydrogens (primary N) is 1. The maximum absolute atomic E-state index is 12.8. The third kappa shape index (κ3) is 2.73. The van der Waals surface area contributed by atoms with Crippen molar-refractivity contribution < 1.29 is 9.31 Å². The zero-order valence-corrected chi connectivity index (χ0v) is 9.92. The molecule has 2 aromatic rings. The molecule has 0 saturated carbocycles. The van der Waals surface area contributed by atoms with Crippen molar-refractivity contribution in [2.24, 2.45) is 0 Å². The fourth-order valence-corrected chi connectivity index (χ4v) is 1.56. The van der Waals surface area contributed by atoms with Crippen molar-refractivity contribution in [1.29, 1.82) is 0 Å². The second-order valence-corrected chi connectivity index (χ2v) is 3.75. The molecule has 19 heavy (non-hydrogen) atoms. The number of halogens is 1. The molecular weight excluding hydrogens is 253 g/mol. The molecule has 0 aliphatic carbocycles. The highest BCUT2D eigenvalue weighted by Crippen LogP contribution is 2.28. The molecule has 3 N–H and O–H groups in total. The molecule has 7 nitrogen and oxygen atoms in total. The highest BCUT2D eigenvalue weighted by atomic mass is 19.1. The van der Waals surface area contributed by atoms with Gasteiger partial charge in [-0.05, 0) is 31.2 Å². The Morgan fingerprint density at radius 3 is 2.53 bits per heavy atom. The molecule has 0 amide bonds. The van der Waals surface area contributed by atoms with Crippen LogP contribution >= 0.6 is 0 Å². The van der Waals surface area contributed by atoms with Gasteiger partial charge in [0, 0.05) is 5.69 Å². The molecule has 98 valence electrons. The molecule has 0 saturated heterocycles. The molecule has 1 heterocycles. The van der Waals surface area contributed by atoms with Gasteiger partial charge in [0.05, 0.1) is 4.92 Å². The van der Waals surface area contributed by atoms with Gasteiger partial charge < -0.3 is 11.1 Å². The summed E-state index contributed by atoms with van der Waals surface area (Å²) in [6.45, 7) is 1.46. The van der Waals surface area contributed by atoms with Crippen LogP contribution in [0.1, 0.15) is 5.69 Å². The van der Waals surface area contributed by atoms with Crippen LogP contribution in [0.5, 0.6) is 0 Å². The average molecular weight is 263 g/mol. The van der Waals surface area contributed by atoms with E-state index in [1.54, 1.807) is 0 Å². The lowest BCUT2D eigenvalue weighted by Crippen LogP contribution is -2.06. The third-order valence-electron chi connectivity index (χ3n) is 2.37. The van der Waals surface area contributed by atoms with Gasteiger partial charge in [0.2, 0.25) is 11.8 Å². The summed E-state index contributed by atoms with van der Waals surface area (Å²) in [6, 6.07) is 5.33. The quantitative estimate of drug-likeness (QED) is 0.649. The minimum Gasteiger partial charge on any atom is -0.368 e. The summed E-state index contributed by atoms with van der Waals surface area (Å²) in [7, 11) is 0. The number of anilines is 3. The van der Waals surface area contributed by atoms with Gasteiger partial charge in [-0.1, -0.05) is 0 Å². The van der Waals surface area contributed by atoms with Crippen molar-refractivity contribution in [2.45, 2.75) is 6.92 Å². The van der Waals surface area contributed by atoms with Crippen LogP contribution in [0.15, 0.2) is 24.3 Å². The number of aryl methyl sites for hydroxylation is 1. The number of hydrogen-bond acceptors (Lipinski definition) is 6. The Hall–Kier alpha value is -2.77. The number of nitrogens with zero attached hydrogens (tertiary/aromatic N) is 3. The molecule has 0 spiro atoms. The molecule has 0 radical (unpaired) electrons. The summed E-state index contributed by atoms with van der Waals surface area (Å²) >= 11 is 0. The van der Waals surface area contributed by atoms with E-state index in [1.165, 1.54) is 31.2 Å². The monoisotopic (exact) mass is 263 g/mol. The first-order valence-electron chi connectivity index (χ1n) is 5.28. The van der Waals surface area contributed by atoms with E-state index < -0.39 is 10.7 Å². The summed E-state index contributed by atoms with van der Waals surface area (Å²) in [6.07, 6.45) is 0. The van der Waals surface area contributed by atoms with Gasteiger partial charge in [0.15, 0.2) is 0 Å². The first kappa shape index (κ1) is 12.7. The second-order valence-electron chi connectivity index (χ2n) is 3.75. The number of nitrogen functional groups attached to an aromatic ring is 1. The lowest BCUT2D eigenvalue weighted by molar-refractivity contribution is -0.385. The Bertz CT molecular complexity index is 630. The van der Waals surface area contributed by atoms with E-state index in [1.807, 2.05) is 0 Å². The minimum absolute atomic E-state index is 0.0263. The van der Waals surface area contributed by atoms with E-state index in [0.717, 1.165) is 0 Å². The Labute approximate surface area is 107 Å². The first-order valence-corrected chi connectivity index (χ1v) is 5.28. The van der Waals surface area contributed by atoms with Crippen molar-refractivity contribution in [3.63, 3.8) is 0 Å². The third-order valence-corrected chi connectivity index (χ3v) is 2.37.